The molecule has 0 aliphatic carbocycles. The summed E-state index contributed by atoms with van der Waals surface area (Å²) in [5.74, 6) is 0.972. The number of hydrogen-bond acceptors (Lipinski definition) is 6. The lowest BCUT2D eigenvalue weighted by Gasteiger charge is -2.19. The fourth-order valence-corrected chi connectivity index (χ4v) is 3.47. The van der Waals surface area contributed by atoms with Crippen LogP contribution in [0.25, 0.3) is 21.9 Å². The van der Waals surface area contributed by atoms with Gasteiger partial charge in [0.25, 0.3) is 0 Å². The van der Waals surface area contributed by atoms with E-state index in [1.807, 2.05) is 19.1 Å². The predicted molar refractivity (Wildman–Crippen MR) is 107 cm³/mol. The van der Waals surface area contributed by atoms with Crippen LogP contribution in [0.2, 0.25) is 0 Å². The van der Waals surface area contributed by atoms with E-state index < -0.39 is 5.63 Å². The molecule has 5 rings (SSSR count). The van der Waals surface area contributed by atoms with Crippen molar-refractivity contribution in [1.82, 2.24) is 9.78 Å². The molecule has 4 aromatic rings. The standard InChI is InChI=1S/C21H17N3O5/c1-12-2-4-16-14(8-12)20-15(21(26)29-16)10-22-24(20)11-19(25)23-13-3-5-17-18(9-13)28-7-6-27-17/h2-5,8-10H,6-7,11H2,1H3,(H,23,25). The maximum Gasteiger partial charge on any atom is 0.347 e. The lowest BCUT2D eigenvalue weighted by Crippen LogP contribution is -2.20. The second kappa shape index (κ2) is 6.66. The molecule has 0 spiro atoms. The summed E-state index contributed by atoms with van der Waals surface area (Å²) in [6, 6.07) is 10.8. The summed E-state index contributed by atoms with van der Waals surface area (Å²) >= 11 is 0. The van der Waals surface area contributed by atoms with Crippen LogP contribution in [0.15, 0.2) is 51.8 Å². The van der Waals surface area contributed by atoms with Crippen LogP contribution >= 0.6 is 0 Å². The summed E-state index contributed by atoms with van der Waals surface area (Å²) in [4.78, 5) is 24.9. The van der Waals surface area contributed by atoms with E-state index in [4.69, 9.17) is 13.9 Å². The molecule has 2 aromatic heterocycles. The summed E-state index contributed by atoms with van der Waals surface area (Å²) in [6.07, 6.45) is 1.43. The molecular formula is C21H17N3O5. The van der Waals surface area contributed by atoms with Crippen LogP contribution in [0, 0.1) is 6.92 Å². The molecule has 0 saturated heterocycles. The zero-order chi connectivity index (χ0) is 20.0. The van der Waals surface area contributed by atoms with Crippen molar-refractivity contribution in [3.8, 4) is 11.5 Å². The van der Waals surface area contributed by atoms with Gasteiger partial charge in [0.1, 0.15) is 30.7 Å². The number of aryl methyl sites for hydroxylation is 1. The number of fused-ring (bicyclic) bond motifs is 4. The molecule has 8 heteroatoms. The predicted octanol–water partition coefficient (Wildman–Crippen LogP) is 2.86. The fourth-order valence-electron chi connectivity index (χ4n) is 3.47. The van der Waals surface area contributed by atoms with Gasteiger partial charge in [0.15, 0.2) is 11.5 Å². The van der Waals surface area contributed by atoms with E-state index in [1.165, 1.54) is 10.9 Å². The summed E-state index contributed by atoms with van der Waals surface area (Å²) < 4.78 is 17.9. The van der Waals surface area contributed by atoms with Crippen LogP contribution in [0.3, 0.4) is 0 Å². The molecule has 0 radical (unpaired) electrons. The largest absolute Gasteiger partial charge is 0.486 e. The number of hydrogen-bond donors (Lipinski definition) is 1. The first-order valence-electron chi connectivity index (χ1n) is 9.17. The Hall–Kier alpha value is -3.81. The highest BCUT2D eigenvalue weighted by molar-refractivity contribution is 6.03. The average molecular weight is 391 g/mol. The van der Waals surface area contributed by atoms with Gasteiger partial charge < -0.3 is 19.2 Å². The lowest BCUT2D eigenvalue weighted by atomic mass is 10.1. The average Bonchev–Trinajstić information content (AvgIpc) is 3.13. The minimum Gasteiger partial charge on any atom is -0.486 e. The summed E-state index contributed by atoms with van der Waals surface area (Å²) in [7, 11) is 0. The number of anilines is 1. The van der Waals surface area contributed by atoms with Crippen molar-refractivity contribution >= 4 is 33.5 Å². The molecular weight excluding hydrogens is 374 g/mol. The van der Waals surface area contributed by atoms with Crippen molar-refractivity contribution in [2.45, 2.75) is 13.5 Å². The maximum absolute atomic E-state index is 12.6. The van der Waals surface area contributed by atoms with Crippen molar-refractivity contribution in [3.63, 3.8) is 0 Å². The third-order valence-electron chi connectivity index (χ3n) is 4.77. The Bertz CT molecular complexity index is 1320. The van der Waals surface area contributed by atoms with Gasteiger partial charge in [-0.1, -0.05) is 11.6 Å². The molecule has 0 atom stereocenters. The van der Waals surface area contributed by atoms with Gasteiger partial charge in [-0.2, -0.15) is 5.10 Å². The fraction of sp³-hybridized carbons (Fsp3) is 0.190. The molecule has 0 saturated carbocycles. The number of rotatable bonds is 3. The van der Waals surface area contributed by atoms with Gasteiger partial charge in [-0.25, -0.2) is 4.79 Å². The number of carbonyl (C=O) groups is 1. The molecule has 1 amide bonds. The molecule has 0 unspecified atom stereocenters. The van der Waals surface area contributed by atoms with E-state index >= 15 is 0 Å². The molecule has 1 aliphatic heterocycles. The van der Waals surface area contributed by atoms with Gasteiger partial charge in [0, 0.05) is 17.1 Å². The molecule has 8 nitrogen and oxygen atoms in total. The summed E-state index contributed by atoms with van der Waals surface area (Å²) in [5.41, 5.74) is 2.17. The van der Waals surface area contributed by atoms with E-state index in [0.29, 0.717) is 46.9 Å². The number of aromatic nitrogens is 2. The Kier molecular flexibility index (Phi) is 3.97. The number of benzene rings is 2. The molecule has 2 aromatic carbocycles. The van der Waals surface area contributed by atoms with E-state index in [0.717, 1.165) is 10.9 Å². The highest BCUT2D eigenvalue weighted by Crippen LogP contribution is 2.32. The van der Waals surface area contributed by atoms with E-state index in [1.54, 1.807) is 24.3 Å². The van der Waals surface area contributed by atoms with Gasteiger partial charge in [-0.05, 0) is 31.2 Å². The van der Waals surface area contributed by atoms with Gasteiger partial charge in [0.05, 0.1) is 11.7 Å². The van der Waals surface area contributed by atoms with Gasteiger partial charge in [-0.15, -0.1) is 0 Å². The molecule has 29 heavy (non-hydrogen) atoms. The van der Waals surface area contributed by atoms with E-state index in [9.17, 15) is 9.59 Å². The maximum atomic E-state index is 12.6. The zero-order valence-corrected chi connectivity index (χ0v) is 15.6. The Morgan fingerprint density at radius 1 is 1.10 bits per heavy atom. The first kappa shape index (κ1) is 17.3. The highest BCUT2D eigenvalue weighted by Gasteiger charge is 2.17. The molecule has 1 N–H and O–H groups in total. The number of amides is 1. The van der Waals surface area contributed by atoms with Crippen molar-refractivity contribution < 1.29 is 18.7 Å². The van der Waals surface area contributed by atoms with Crippen LogP contribution in [0.5, 0.6) is 11.5 Å². The first-order chi connectivity index (χ1) is 14.1. The van der Waals surface area contributed by atoms with Crippen molar-refractivity contribution in [2.24, 2.45) is 0 Å². The van der Waals surface area contributed by atoms with Gasteiger partial charge >= 0.3 is 5.63 Å². The second-order valence-electron chi connectivity index (χ2n) is 6.86. The number of ether oxygens (including phenoxy) is 2. The van der Waals surface area contributed by atoms with Gasteiger partial charge in [0.2, 0.25) is 5.91 Å². The number of nitrogens with one attached hydrogen (secondary N) is 1. The third kappa shape index (κ3) is 3.08. The van der Waals surface area contributed by atoms with Crippen molar-refractivity contribution in [2.75, 3.05) is 18.5 Å². The molecule has 0 fully saturated rings. The Morgan fingerprint density at radius 3 is 2.79 bits per heavy atom. The van der Waals surface area contributed by atoms with Crippen molar-refractivity contribution in [3.05, 3.63) is 58.6 Å². The highest BCUT2D eigenvalue weighted by atomic mass is 16.6. The van der Waals surface area contributed by atoms with Crippen LogP contribution in [-0.4, -0.2) is 28.9 Å². The van der Waals surface area contributed by atoms with Crippen LogP contribution in [-0.2, 0) is 11.3 Å². The number of carbonyl (C=O) groups excluding carboxylic acids is 1. The normalized spacial score (nSPS) is 13.0. The SMILES string of the molecule is Cc1ccc2oc(=O)c3cnn(CC(=O)Nc4ccc5c(c4)OCCO5)c3c2c1. The molecule has 1 aliphatic rings. The second-order valence-corrected chi connectivity index (χ2v) is 6.86. The summed E-state index contributed by atoms with van der Waals surface area (Å²) in [5, 5.41) is 8.15. The number of nitrogens with zero attached hydrogens (tertiary/aromatic N) is 2. The van der Waals surface area contributed by atoms with Crippen LogP contribution in [0.1, 0.15) is 5.56 Å². The first-order valence-corrected chi connectivity index (χ1v) is 9.17. The van der Waals surface area contributed by atoms with Crippen molar-refractivity contribution in [1.29, 1.82) is 0 Å². The zero-order valence-electron chi connectivity index (χ0n) is 15.6. The smallest absolute Gasteiger partial charge is 0.347 e. The topological polar surface area (TPSA) is 95.6 Å². The Labute approximate surface area is 164 Å². The Balaban J connectivity index is 1.47. The minimum atomic E-state index is -0.477. The molecule has 3 heterocycles. The molecule has 146 valence electrons. The minimum absolute atomic E-state index is 0.0512. The lowest BCUT2D eigenvalue weighted by molar-refractivity contribution is -0.116. The third-order valence-corrected chi connectivity index (χ3v) is 4.77. The molecule has 0 bridgehead atoms. The van der Waals surface area contributed by atoms with E-state index in [-0.39, 0.29) is 12.5 Å². The van der Waals surface area contributed by atoms with E-state index in [2.05, 4.69) is 10.4 Å². The van der Waals surface area contributed by atoms with Crippen LogP contribution < -0.4 is 20.4 Å². The quantitative estimate of drug-likeness (QED) is 0.540. The Morgan fingerprint density at radius 2 is 1.93 bits per heavy atom. The van der Waals surface area contributed by atoms with Gasteiger partial charge in [-0.3, -0.25) is 9.48 Å². The monoisotopic (exact) mass is 391 g/mol. The summed E-state index contributed by atoms with van der Waals surface area (Å²) in [6.45, 7) is 2.88. The van der Waals surface area contributed by atoms with Crippen LogP contribution in [0.4, 0.5) is 5.69 Å².